The van der Waals surface area contributed by atoms with E-state index in [-0.39, 0.29) is 6.10 Å². The molecule has 0 saturated heterocycles. The summed E-state index contributed by atoms with van der Waals surface area (Å²) < 4.78 is 11.0. The van der Waals surface area contributed by atoms with E-state index in [2.05, 4.69) is 28.6 Å². The van der Waals surface area contributed by atoms with Crippen molar-refractivity contribution in [3.63, 3.8) is 0 Å². The van der Waals surface area contributed by atoms with Crippen LogP contribution in [0.25, 0.3) is 0 Å². The zero-order chi connectivity index (χ0) is 16.2. The van der Waals surface area contributed by atoms with Crippen LogP contribution in [0.3, 0.4) is 0 Å². The summed E-state index contributed by atoms with van der Waals surface area (Å²) in [4.78, 5) is 4.58. The molecule has 0 fully saturated rings. The van der Waals surface area contributed by atoms with Gasteiger partial charge in [0.05, 0.1) is 19.3 Å². The van der Waals surface area contributed by atoms with Crippen LogP contribution in [0.15, 0.2) is 29.3 Å². The first-order chi connectivity index (χ1) is 10.7. The molecule has 0 aromatic heterocycles. The third-order valence-electron chi connectivity index (χ3n) is 2.78. The van der Waals surface area contributed by atoms with Crippen LogP contribution in [0.2, 0.25) is 0 Å². The number of benzene rings is 1. The maximum Gasteiger partial charge on any atom is 0.191 e. The van der Waals surface area contributed by atoms with Crippen molar-refractivity contribution in [1.29, 1.82) is 0 Å². The van der Waals surface area contributed by atoms with Crippen LogP contribution in [0.4, 0.5) is 0 Å². The Morgan fingerprint density at radius 1 is 1.23 bits per heavy atom. The smallest absolute Gasteiger partial charge is 0.191 e. The number of hydrogen-bond donors (Lipinski definition) is 2. The van der Waals surface area contributed by atoms with Gasteiger partial charge in [-0.15, -0.1) is 0 Å². The van der Waals surface area contributed by atoms with Gasteiger partial charge < -0.3 is 20.1 Å². The Hall–Kier alpha value is -1.75. The van der Waals surface area contributed by atoms with Gasteiger partial charge in [-0.2, -0.15) is 0 Å². The molecule has 0 spiro atoms. The summed E-state index contributed by atoms with van der Waals surface area (Å²) in [6, 6.07) is 8.06. The van der Waals surface area contributed by atoms with Crippen LogP contribution in [0.5, 0.6) is 5.75 Å². The molecule has 0 aliphatic heterocycles. The first kappa shape index (κ1) is 18.3. The standard InChI is InChI=1S/C17H29N3O2/c1-5-18-17(19-10-11-21-6-2)20-13-15-8-7-9-16(12-15)22-14(3)4/h7-9,12,14H,5-6,10-11,13H2,1-4H3,(H2,18,19,20). The van der Waals surface area contributed by atoms with Crippen molar-refractivity contribution < 1.29 is 9.47 Å². The number of rotatable bonds is 9. The maximum atomic E-state index is 5.70. The van der Waals surface area contributed by atoms with Crippen LogP contribution in [0, 0.1) is 0 Å². The van der Waals surface area contributed by atoms with E-state index in [1.165, 1.54) is 0 Å². The molecule has 2 N–H and O–H groups in total. The molecule has 0 unspecified atom stereocenters. The fraction of sp³-hybridized carbons (Fsp3) is 0.588. The lowest BCUT2D eigenvalue weighted by atomic mass is 10.2. The van der Waals surface area contributed by atoms with Crippen LogP contribution in [-0.4, -0.2) is 38.4 Å². The number of hydrogen-bond acceptors (Lipinski definition) is 3. The van der Waals surface area contributed by atoms with Crippen LogP contribution in [-0.2, 0) is 11.3 Å². The second kappa shape index (κ2) is 10.9. The van der Waals surface area contributed by atoms with Gasteiger partial charge in [-0.25, -0.2) is 4.99 Å². The Morgan fingerprint density at radius 3 is 2.73 bits per heavy atom. The van der Waals surface area contributed by atoms with E-state index >= 15 is 0 Å². The zero-order valence-electron chi connectivity index (χ0n) is 14.2. The quantitative estimate of drug-likeness (QED) is 0.418. The molecule has 0 radical (unpaired) electrons. The summed E-state index contributed by atoms with van der Waals surface area (Å²) in [5.41, 5.74) is 1.13. The third-order valence-corrected chi connectivity index (χ3v) is 2.78. The number of nitrogens with one attached hydrogen (secondary N) is 2. The van der Waals surface area contributed by atoms with Gasteiger partial charge in [-0.3, -0.25) is 0 Å². The highest BCUT2D eigenvalue weighted by Crippen LogP contribution is 2.15. The minimum atomic E-state index is 0.177. The zero-order valence-corrected chi connectivity index (χ0v) is 14.2. The van der Waals surface area contributed by atoms with Gasteiger partial charge in [0.2, 0.25) is 0 Å². The largest absolute Gasteiger partial charge is 0.491 e. The monoisotopic (exact) mass is 307 g/mol. The fourth-order valence-corrected chi connectivity index (χ4v) is 1.89. The Kier molecular flexibility index (Phi) is 9.07. The lowest BCUT2D eigenvalue weighted by Gasteiger charge is -2.12. The topological polar surface area (TPSA) is 54.9 Å². The van der Waals surface area contributed by atoms with Gasteiger partial charge in [0, 0.05) is 19.7 Å². The van der Waals surface area contributed by atoms with Crippen LogP contribution in [0.1, 0.15) is 33.3 Å². The molecule has 0 aliphatic carbocycles. The van der Waals surface area contributed by atoms with Crippen LogP contribution < -0.4 is 15.4 Å². The molecule has 22 heavy (non-hydrogen) atoms. The Labute approximate surface area is 134 Å². The predicted octanol–water partition coefficient (Wildman–Crippen LogP) is 2.57. The van der Waals surface area contributed by atoms with Gasteiger partial charge in [0.1, 0.15) is 5.75 Å². The van der Waals surface area contributed by atoms with Crippen molar-refractivity contribution in [1.82, 2.24) is 10.6 Å². The minimum Gasteiger partial charge on any atom is -0.491 e. The summed E-state index contributed by atoms with van der Waals surface area (Å²) in [5.74, 6) is 1.69. The average molecular weight is 307 g/mol. The van der Waals surface area contributed by atoms with Gasteiger partial charge in [0.15, 0.2) is 5.96 Å². The molecule has 5 nitrogen and oxygen atoms in total. The Balaban J connectivity index is 2.57. The summed E-state index contributed by atoms with van der Waals surface area (Å²) in [5, 5.41) is 6.48. The van der Waals surface area contributed by atoms with E-state index in [9.17, 15) is 0 Å². The number of nitrogens with zero attached hydrogens (tertiary/aromatic N) is 1. The molecule has 1 rings (SSSR count). The minimum absolute atomic E-state index is 0.177. The number of aliphatic imine (C=N–C) groups is 1. The van der Waals surface area contributed by atoms with E-state index in [0.29, 0.717) is 13.2 Å². The molecular weight excluding hydrogens is 278 g/mol. The molecule has 0 atom stereocenters. The molecule has 0 bridgehead atoms. The number of ether oxygens (including phenoxy) is 2. The van der Waals surface area contributed by atoms with Gasteiger partial charge in [0.25, 0.3) is 0 Å². The summed E-state index contributed by atoms with van der Waals surface area (Å²) in [6.07, 6.45) is 0.177. The summed E-state index contributed by atoms with van der Waals surface area (Å²) >= 11 is 0. The molecule has 124 valence electrons. The molecule has 5 heteroatoms. The molecule has 1 aromatic carbocycles. The molecule has 0 amide bonds. The average Bonchev–Trinajstić information content (AvgIpc) is 2.49. The van der Waals surface area contributed by atoms with E-state index in [4.69, 9.17) is 9.47 Å². The lowest BCUT2D eigenvalue weighted by Crippen LogP contribution is -2.39. The lowest BCUT2D eigenvalue weighted by molar-refractivity contribution is 0.152. The van der Waals surface area contributed by atoms with Crippen molar-refractivity contribution in [2.75, 3.05) is 26.3 Å². The van der Waals surface area contributed by atoms with Gasteiger partial charge >= 0.3 is 0 Å². The molecule has 0 aliphatic rings. The third kappa shape index (κ3) is 7.88. The second-order valence-electron chi connectivity index (χ2n) is 5.13. The molecule has 0 saturated carbocycles. The number of guanidine groups is 1. The first-order valence-electron chi connectivity index (χ1n) is 8.01. The summed E-state index contributed by atoms with van der Waals surface area (Å²) in [7, 11) is 0. The highest BCUT2D eigenvalue weighted by molar-refractivity contribution is 5.79. The highest BCUT2D eigenvalue weighted by atomic mass is 16.5. The van der Waals surface area contributed by atoms with Gasteiger partial charge in [-0.05, 0) is 45.4 Å². The normalized spacial score (nSPS) is 11.6. The van der Waals surface area contributed by atoms with E-state index in [1.54, 1.807) is 0 Å². The maximum absolute atomic E-state index is 5.70. The molecular formula is C17H29N3O2. The van der Waals surface area contributed by atoms with Crippen molar-refractivity contribution in [3.05, 3.63) is 29.8 Å². The van der Waals surface area contributed by atoms with Gasteiger partial charge in [-0.1, -0.05) is 12.1 Å². The van der Waals surface area contributed by atoms with Crippen molar-refractivity contribution in [3.8, 4) is 5.75 Å². The van der Waals surface area contributed by atoms with Crippen molar-refractivity contribution in [2.45, 2.75) is 40.3 Å². The SMILES string of the molecule is CCNC(=NCc1cccc(OC(C)C)c1)NCCOCC. The Bertz CT molecular complexity index is 447. The van der Waals surface area contributed by atoms with E-state index < -0.39 is 0 Å². The molecule has 0 heterocycles. The van der Waals surface area contributed by atoms with Crippen molar-refractivity contribution >= 4 is 5.96 Å². The highest BCUT2D eigenvalue weighted by Gasteiger charge is 2.01. The predicted molar refractivity (Wildman–Crippen MR) is 91.5 cm³/mol. The fourth-order valence-electron chi connectivity index (χ4n) is 1.89. The van der Waals surface area contributed by atoms with E-state index in [0.717, 1.165) is 37.0 Å². The Morgan fingerprint density at radius 2 is 2.05 bits per heavy atom. The first-order valence-corrected chi connectivity index (χ1v) is 8.01. The second-order valence-corrected chi connectivity index (χ2v) is 5.13. The van der Waals surface area contributed by atoms with E-state index in [1.807, 2.05) is 39.0 Å². The summed E-state index contributed by atoms with van der Waals surface area (Å²) in [6.45, 7) is 11.7. The van der Waals surface area contributed by atoms with Crippen LogP contribution >= 0.6 is 0 Å². The molecule has 1 aromatic rings. The van der Waals surface area contributed by atoms with Crippen molar-refractivity contribution in [2.24, 2.45) is 4.99 Å².